The van der Waals surface area contributed by atoms with Gasteiger partial charge in [0.2, 0.25) is 0 Å². The maximum absolute atomic E-state index is 10.5. The van der Waals surface area contributed by atoms with Gasteiger partial charge in [0.1, 0.15) is 5.75 Å². The number of rotatable bonds is 5. The monoisotopic (exact) mass is 213 g/mol. The van der Waals surface area contributed by atoms with E-state index in [0.29, 0.717) is 13.0 Å². The Hall–Kier alpha value is -0.870. The zero-order valence-corrected chi connectivity index (χ0v) is 8.83. The van der Waals surface area contributed by atoms with E-state index in [1.807, 2.05) is 30.3 Å². The van der Waals surface area contributed by atoms with Crippen molar-refractivity contribution in [3.05, 3.63) is 30.3 Å². The zero-order valence-electron chi connectivity index (χ0n) is 8.01. The molecule has 0 aliphatic heterocycles. The Balaban J connectivity index is 2.26. The van der Waals surface area contributed by atoms with E-state index in [4.69, 9.17) is 4.74 Å². The first-order chi connectivity index (χ1) is 6.70. The van der Waals surface area contributed by atoms with E-state index in [0.717, 1.165) is 5.75 Å². The van der Waals surface area contributed by atoms with E-state index in [1.54, 1.807) is 6.92 Å². The van der Waals surface area contributed by atoms with Crippen molar-refractivity contribution in [2.24, 2.45) is 0 Å². The molecule has 14 heavy (non-hydrogen) atoms. The van der Waals surface area contributed by atoms with Gasteiger partial charge in [0.25, 0.3) is 0 Å². The fraction of sp³-hybridized carbons (Fsp3) is 0.400. The maximum atomic E-state index is 10.5. The molecule has 0 N–H and O–H groups in total. The number of ether oxygens (including phenoxy) is 1. The number of hydrogen-bond acceptors (Lipinski definition) is 3. The lowest BCUT2D eigenvalue weighted by Crippen LogP contribution is -2.14. The lowest BCUT2D eigenvalue weighted by Gasteiger charge is -2.14. The van der Waals surface area contributed by atoms with Crippen LogP contribution in [0.3, 0.4) is 0 Å². The minimum absolute atomic E-state index is 0.348. The van der Waals surface area contributed by atoms with Crippen LogP contribution in [0.25, 0.3) is 0 Å². The molecule has 0 fully saturated rings. The van der Waals surface area contributed by atoms with Gasteiger partial charge in [-0.15, -0.1) is 0 Å². The Morgan fingerprint density at radius 3 is 2.64 bits per heavy atom. The average molecular weight is 213 g/mol. The highest BCUT2D eigenvalue weighted by atomic mass is 32.2. The van der Waals surface area contributed by atoms with Crippen molar-refractivity contribution >= 4 is 11.1 Å². The highest BCUT2D eigenvalue weighted by Gasteiger charge is 2.01. The third kappa shape index (κ3) is 3.89. The molecule has 3 nitrogen and oxygen atoms in total. The van der Waals surface area contributed by atoms with Crippen LogP contribution in [0.15, 0.2) is 30.3 Å². The van der Waals surface area contributed by atoms with Crippen molar-refractivity contribution in [2.75, 3.05) is 6.61 Å². The molecule has 0 saturated heterocycles. The first-order valence-electron chi connectivity index (χ1n) is 4.46. The normalized spacial score (nSPS) is 14.7. The second-order valence-corrected chi connectivity index (χ2v) is 4.35. The van der Waals surface area contributed by atoms with Gasteiger partial charge in [-0.25, -0.2) is 0 Å². The van der Waals surface area contributed by atoms with E-state index in [1.165, 1.54) is 0 Å². The lowest BCUT2D eigenvalue weighted by atomic mass is 10.3. The summed E-state index contributed by atoms with van der Waals surface area (Å²) in [6, 6.07) is 9.36. The molecule has 0 radical (unpaired) electrons. The molecule has 1 rings (SSSR count). The summed E-state index contributed by atoms with van der Waals surface area (Å²) in [7, 11) is 0. The van der Waals surface area contributed by atoms with Crippen LogP contribution in [-0.4, -0.2) is 20.6 Å². The molecule has 1 aromatic rings. The summed E-state index contributed by atoms with van der Waals surface area (Å²) < 4.78 is 26.3. The van der Waals surface area contributed by atoms with Crippen molar-refractivity contribution in [1.29, 1.82) is 0 Å². The van der Waals surface area contributed by atoms with E-state index in [-0.39, 0.29) is 5.25 Å². The first-order valence-corrected chi connectivity index (χ1v) is 5.60. The van der Waals surface area contributed by atoms with Gasteiger partial charge in [0.15, 0.2) is 0 Å². The quantitative estimate of drug-likeness (QED) is 0.700. The highest BCUT2D eigenvalue weighted by Crippen LogP contribution is 2.09. The van der Waals surface area contributed by atoms with Gasteiger partial charge in [-0.3, -0.25) is 4.21 Å². The molecule has 2 unspecified atom stereocenters. The van der Waals surface area contributed by atoms with Crippen LogP contribution in [0, 0.1) is 0 Å². The third-order valence-corrected chi connectivity index (χ3v) is 2.76. The summed E-state index contributed by atoms with van der Waals surface area (Å²) >= 11 is -2.00. The third-order valence-electron chi connectivity index (χ3n) is 1.86. The number of hydrogen-bond donors (Lipinski definition) is 0. The van der Waals surface area contributed by atoms with Crippen molar-refractivity contribution < 1.29 is 13.5 Å². The van der Waals surface area contributed by atoms with Gasteiger partial charge >= 0.3 is 0 Å². The minimum atomic E-state index is -2.00. The van der Waals surface area contributed by atoms with Gasteiger partial charge in [-0.1, -0.05) is 36.2 Å². The molecule has 0 aliphatic rings. The molecule has 0 aliphatic carbocycles. The Kier molecular flexibility index (Phi) is 4.62. The smallest absolute Gasteiger partial charge is 0.119 e. The number of benzene rings is 1. The molecule has 0 spiro atoms. The molecular weight excluding hydrogens is 200 g/mol. The van der Waals surface area contributed by atoms with Crippen LogP contribution in [-0.2, 0) is 11.1 Å². The molecule has 2 atom stereocenters. The van der Waals surface area contributed by atoms with Gasteiger partial charge in [0.05, 0.1) is 6.61 Å². The standard InChI is InChI=1S/C10H14O3S/c1-9(14(11)12)7-8-13-10-5-3-2-4-6-10/h2-6,9H,7-8H2,1H3,(H,11,12)/p-1. The van der Waals surface area contributed by atoms with Crippen LogP contribution in [0.4, 0.5) is 0 Å². The fourth-order valence-electron chi connectivity index (χ4n) is 0.956. The van der Waals surface area contributed by atoms with E-state index in [9.17, 15) is 8.76 Å². The molecule has 0 amide bonds. The Morgan fingerprint density at radius 1 is 1.43 bits per heavy atom. The van der Waals surface area contributed by atoms with Crippen molar-refractivity contribution in [2.45, 2.75) is 18.6 Å². The number of para-hydroxylation sites is 1. The van der Waals surface area contributed by atoms with Crippen LogP contribution in [0.1, 0.15) is 13.3 Å². The Bertz CT molecular complexity index is 287. The van der Waals surface area contributed by atoms with E-state index in [2.05, 4.69) is 0 Å². The van der Waals surface area contributed by atoms with Gasteiger partial charge < -0.3 is 9.29 Å². The molecular formula is C10H13O3S-. The Labute approximate surface area is 86.4 Å². The SMILES string of the molecule is CC(CCOc1ccccc1)S(=O)[O-]. The summed E-state index contributed by atoms with van der Waals surface area (Å²) in [5.41, 5.74) is 0. The van der Waals surface area contributed by atoms with Gasteiger partial charge in [0, 0.05) is 5.25 Å². The fourth-order valence-corrected chi connectivity index (χ4v) is 1.24. The summed E-state index contributed by atoms with van der Waals surface area (Å²) in [5, 5.41) is -0.348. The van der Waals surface area contributed by atoms with Crippen molar-refractivity contribution in [3.8, 4) is 5.75 Å². The van der Waals surface area contributed by atoms with E-state index < -0.39 is 11.1 Å². The molecule has 0 bridgehead atoms. The van der Waals surface area contributed by atoms with Crippen LogP contribution in [0.2, 0.25) is 0 Å². The predicted molar refractivity (Wildman–Crippen MR) is 54.9 cm³/mol. The molecule has 78 valence electrons. The maximum Gasteiger partial charge on any atom is 0.119 e. The van der Waals surface area contributed by atoms with Crippen molar-refractivity contribution in [1.82, 2.24) is 0 Å². The van der Waals surface area contributed by atoms with Gasteiger partial charge in [-0.05, 0) is 18.6 Å². The summed E-state index contributed by atoms with van der Waals surface area (Å²) in [5.74, 6) is 0.774. The first kappa shape index (κ1) is 11.2. The average Bonchev–Trinajstić information content (AvgIpc) is 2.19. The van der Waals surface area contributed by atoms with Crippen LogP contribution < -0.4 is 4.74 Å². The van der Waals surface area contributed by atoms with E-state index >= 15 is 0 Å². The zero-order chi connectivity index (χ0) is 10.4. The van der Waals surface area contributed by atoms with Crippen molar-refractivity contribution in [3.63, 3.8) is 0 Å². The Morgan fingerprint density at radius 2 is 2.07 bits per heavy atom. The summed E-state index contributed by atoms with van der Waals surface area (Å²) in [6.45, 7) is 2.09. The molecule has 0 aromatic heterocycles. The topological polar surface area (TPSA) is 49.4 Å². The summed E-state index contributed by atoms with van der Waals surface area (Å²) in [6.07, 6.45) is 0.519. The predicted octanol–water partition coefficient (Wildman–Crippen LogP) is 1.72. The largest absolute Gasteiger partial charge is 0.772 e. The molecule has 0 saturated carbocycles. The van der Waals surface area contributed by atoms with Gasteiger partial charge in [-0.2, -0.15) is 0 Å². The second-order valence-electron chi connectivity index (χ2n) is 3.02. The molecule has 1 aromatic carbocycles. The highest BCUT2D eigenvalue weighted by molar-refractivity contribution is 7.79. The van der Waals surface area contributed by atoms with Crippen LogP contribution >= 0.6 is 0 Å². The van der Waals surface area contributed by atoms with Crippen LogP contribution in [0.5, 0.6) is 5.75 Å². The summed E-state index contributed by atoms with van der Waals surface area (Å²) in [4.78, 5) is 0. The molecule has 4 heteroatoms. The molecule has 0 heterocycles. The lowest BCUT2D eigenvalue weighted by molar-refractivity contribution is 0.308. The second kappa shape index (κ2) is 5.78. The minimum Gasteiger partial charge on any atom is -0.772 e.